The number of hydrogen-bond donors (Lipinski definition) is 1. The number of rotatable bonds is 11. The van der Waals surface area contributed by atoms with Crippen molar-refractivity contribution >= 4 is 29.3 Å². The molecule has 2 saturated heterocycles. The lowest BCUT2D eigenvalue weighted by atomic mass is 9.91. The maximum absolute atomic E-state index is 12.5. The smallest absolute Gasteiger partial charge is 0.311 e. The fourth-order valence-electron chi connectivity index (χ4n) is 4.39. The van der Waals surface area contributed by atoms with Crippen LogP contribution in [-0.2, 0) is 35.2 Å². The first-order valence-electron chi connectivity index (χ1n) is 12.2. The summed E-state index contributed by atoms with van der Waals surface area (Å²) in [5.74, 6) is -1.96. The summed E-state index contributed by atoms with van der Waals surface area (Å²) in [7, 11) is 0. The number of aliphatic hydroxyl groups is 1. The Kier molecular flexibility index (Phi) is 8.66. The molecule has 3 rings (SSSR count). The number of anilines is 1. The summed E-state index contributed by atoms with van der Waals surface area (Å²) in [4.78, 5) is 52.8. The summed E-state index contributed by atoms with van der Waals surface area (Å²) >= 11 is 0. The second kappa shape index (κ2) is 11.3. The highest BCUT2D eigenvalue weighted by atomic mass is 16.5. The van der Waals surface area contributed by atoms with Crippen molar-refractivity contribution in [2.45, 2.75) is 65.2 Å². The van der Waals surface area contributed by atoms with E-state index in [2.05, 4.69) is 0 Å². The van der Waals surface area contributed by atoms with E-state index in [0.717, 1.165) is 5.56 Å². The van der Waals surface area contributed by atoms with Crippen molar-refractivity contribution in [3.05, 3.63) is 29.8 Å². The Morgan fingerprint density at radius 2 is 1.69 bits per heavy atom. The summed E-state index contributed by atoms with van der Waals surface area (Å²) in [6, 6.07) is 7.26. The predicted molar refractivity (Wildman–Crippen MR) is 128 cm³/mol. The lowest BCUT2D eigenvalue weighted by molar-refractivity contribution is -0.148. The van der Waals surface area contributed by atoms with Crippen LogP contribution in [0.3, 0.4) is 0 Å². The Hall–Kier alpha value is -2.78. The first-order chi connectivity index (χ1) is 16.5. The number of carbonyl (C=O) groups is 4. The molecule has 2 amide bonds. The molecular weight excluding hydrogens is 452 g/mol. The third-order valence-electron chi connectivity index (χ3n) is 6.25. The molecule has 9 nitrogen and oxygen atoms in total. The lowest BCUT2D eigenvalue weighted by Gasteiger charge is -2.21. The van der Waals surface area contributed by atoms with Gasteiger partial charge in [0.2, 0.25) is 11.8 Å². The largest absolute Gasteiger partial charge is 0.465 e. The number of nitrogens with zero attached hydrogens (tertiary/aromatic N) is 2. The third kappa shape index (κ3) is 7.11. The molecule has 2 aliphatic rings. The number of amides is 2. The summed E-state index contributed by atoms with van der Waals surface area (Å²) in [5, 5.41) is 9.95. The monoisotopic (exact) mass is 488 g/mol. The molecule has 0 saturated carbocycles. The standard InChI is InChI=1S/C26H36N2O7/c1-17(2)34-10-5-11-35-25(32)20-13-23(30)28(16-20)21-8-6-18(7-9-21)14-27-15-19(12-22(27)29)24(31)26(3,4)33/h6-9,17,19-20,33H,5,10-16H2,1-4H3. The number of ketones is 1. The van der Waals surface area contributed by atoms with Crippen LogP contribution in [0.25, 0.3) is 0 Å². The van der Waals surface area contributed by atoms with Gasteiger partial charge < -0.3 is 24.4 Å². The van der Waals surface area contributed by atoms with E-state index in [0.29, 0.717) is 25.3 Å². The molecule has 2 unspecified atom stereocenters. The van der Waals surface area contributed by atoms with E-state index in [4.69, 9.17) is 9.47 Å². The molecule has 2 heterocycles. The molecule has 1 aromatic rings. The summed E-state index contributed by atoms with van der Waals surface area (Å²) in [6.07, 6.45) is 0.962. The van der Waals surface area contributed by atoms with Crippen molar-refractivity contribution in [3.8, 4) is 0 Å². The Balaban J connectivity index is 1.50. The zero-order valence-corrected chi connectivity index (χ0v) is 21.0. The molecule has 2 aliphatic heterocycles. The van der Waals surface area contributed by atoms with Gasteiger partial charge in [-0.25, -0.2) is 0 Å². The van der Waals surface area contributed by atoms with Crippen LogP contribution in [0, 0.1) is 11.8 Å². The molecule has 2 fully saturated rings. The van der Waals surface area contributed by atoms with Crippen molar-refractivity contribution in [2.75, 3.05) is 31.2 Å². The average Bonchev–Trinajstić information content (AvgIpc) is 3.35. The molecule has 0 bridgehead atoms. The number of likely N-dealkylation sites (tertiary alicyclic amines) is 1. The van der Waals surface area contributed by atoms with Crippen LogP contribution < -0.4 is 4.90 Å². The number of esters is 1. The first kappa shape index (κ1) is 26.8. The van der Waals surface area contributed by atoms with Gasteiger partial charge in [-0.2, -0.15) is 0 Å². The molecular formula is C26H36N2O7. The van der Waals surface area contributed by atoms with E-state index in [9.17, 15) is 24.3 Å². The molecule has 1 aromatic carbocycles. The fraction of sp³-hybridized carbons (Fsp3) is 0.615. The maximum atomic E-state index is 12.5. The van der Waals surface area contributed by atoms with E-state index < -0.39 is 17.4 Å². The molecule has 0 aliphatic carbocycles. The predicted octanol–water partition coefficient (Wildman–Crippen LogP) is 2.09. The second-order valence-electron chi connectivity index (χ2n) is 10.1. The topological polar surface area (TPSA) is 113 Å². The Morgan fingerprint density at radius 3 is 2.31 bits per heavy atom. The van der Waals surface area contributed by atoms with Gasteiger partial charge in [0.25, 0.3) is 0 Å². The number of Topliss-reactive ketones (excluding diaryl/α,β-unsaturated/α-hetero) is 1. The van der Waals surface area contributed by atoms with Crippen LogP contribution in [0.15, 0.2) is 24.3 Å². The summed E-state index contributed by atoms with van der Waals surface area (Å²) in [6.45, 7) is 8.45. The van der Waals surface area contributed by atoms with Crippen molar-refractivity contribution < 1.29 is 33.8 Å². The van der Waals surface area contributed by atoms with Gasteiger partial charge in [0.1, 0.15) is 5.60 Å². The number of ether oxygens (including phenoxy) is 2. The normalized spacial score (nSPS) is 20.7. The minimum absolute atomic E-state index is 0.103. The van der Waals surface area contributed by atoms with Crippen molar-refractivity contribution in [3.63, 3.8) is 0 Å². The Labute approximate surface area is 206 Å². The van der Waals surface area contributed by atoms with E-state index in [-0.39, 0.29) is 62.2 Å². The molecule has 35 heavy (non-hydrogen) atoms. The first-order valence-corrected chi connectivity index (χ1v) is 12.2. The van der Waals surface area contributed by atoms with Gasteiger partial charge >= 0.3 is 5.97 Å². The van der Waals surface area contributed by atoms with Crippen molar-refractivity contribution in [1.29, 1.82) is 0 Å². The average molecular weight is 489 g/mol. The third-order valence-corrected chi connectivity index (χ3v) is 6.25. The quantitative estimate of drug-likeness (QED) is 0.375. The molecule has 0 spiro atoms. The molecule has 192 valence electrons. The fourth-order valence-corrected chi connectivity index (χ4v) is 4.39. The van der Waals surface area contributed by atoms with Gasteiger partial charge in [0, 0.05) is 50.5 Å². The SMILES string of the molecule is CC(C)OCCCOC(=O)C1CC(=O)N(c2ccc(CN3CC(C(=O)C(C)(C)O)CC3=O)cc2)C1. The van der Waals surface area contributed by atoms with E-state index in [1.54, 1.807) is 21.9 Å². The van der Waals surface area contributed by atoms with Crippen LogP contribution in [0.1, 0.15) is 52.5 Å². The van der Waals surface area contributed by atoms with Crippen molar-refractivity contribution in [1.82, 2.24) is 4.90 Å². The second-order valence-corrected chi connectivity index (χ2v) is 10.1. The van der Waals surface area contributed by atoms with Gasteiger partial charge in [0.15, 0.2) is 5.78 Å². The van der Waals surface area contributed by atoms with Gasteiger partial charge in [0.05, 0.1) is 25.2 Å². The zero-order chi connectivity index (χ0) is 25.8. The molecule has 0 radical (unpaired) electrons. The van der Waals surface area contributed by atoms with E-state index >= 15 is 0 Å². The number of benzene rings is 1. The van der Waals surface area contributed by atoms with Crippen LogP contribution in [-0.4, -0.2) is 71.6 Å². The molecule has 2 atom stereocenters. The van der Waals surface area contributed by atoms with Crippen LogP contribution >= 0.6 is 0 Å². The van der Waals surface area contributed by atoms with Gasteiger partial charge in [-0.3, -0.25) is 19.2 Å². The minimum atomic E-state index is -1.46. The molecule has 1 N–H and O–H groups in total. The summed E-state index contributed by atoms with van der Waals surface area (Å²) < 4.78 is 10.7. The minimum Gasteiger partial charge on any atom is -0.465 e. The lowest BCUT2D eigenvalue weighted by Crippen LogP contribution is -2.38. The Bertz CT molecular complexity index is 936. The van der Waals surface area contributed by atoms with E-state index in [1.807, 2.05) is 26.0 Å². The van der Waals surface area contributed by atoms with Gasteiger partial charge in [-0.1, -0.05) is 12.1 Å². The van der Waals surface area contributed by atoms with Crippen molar-refractivity contribution in [2.24, 2.45) is 11.8 Å². The van der Waals surface area contributed by atoms with E-state index in [1.165, 1.54) is 13.8 Å². The number of carbonyl (C=O) groups excluding carboxylic acids is 4. The Morgan fingerprint density at radius 1 is 1.03 bits per heavy atom. The van der Waals surface area contributed by atoms with Crippen LogP contribution in [0.2, 0.25) is 0 Å². The number of hydrogen-bond acceptors (Lipinski definition) is 7. The molecule has 9 heteroatoms. The van der Waals surface area contributed by atoms with Gasteiger partial charge in [-0.15, -0.1) is 0 Å². The highest BCUT2D eigenvalue weighted by Gasteiger charge is 2.40. The molecule has 0 aromatic heterocycles. The van der Waals surface area contributed by atoms with Crippen LogP contribution in [0.5, 0.6) is 0 Å². The zero-order valence-electron chi connectivity index (χ0n) is 21.0. The summed E-state index contributed by atoms with van der Waals surface area (Å²) in [5.41, 5.74) is 0.0871. The van der Waals surface area contributed by atoms with Gasteiger partial charge in [-0.05, 0) is 45.4 Å². The maximum Gasteiger partial charge on any atom is 0.311 e. The van der Waals surface area contributed by atoms with Crippen LogP contribution in [0.4, 0.5) is 5.69 Å². The highest BCUT2D eigenvalue weighted by molar-refractivity contribution is 5.99. The highest BCUT2D eigenvalue weighted by Crippen LogP contribution is 2.28.